The highest BCUT2D eigenvalue weighted by Gasteiger charge is 2.13. The molecule has 0 saturated carbocycles. The van der Waals surface area contributed by atoms with Crippen molar-refractivity contribution in [2.75, 3.05) is 5.88 Å². The van der Waals surface area contributed by atoms with Gasteiger partial charge in [-0.2, -0.15) is 10.5 Å². The zero-order chi connectivity index (χ0) is 8.91. The quantitative estimate of drug-likeness (QED) is 0.469. The monoisotopic (exact) mass is 168 g/mol. The molecule has 0 aliphatic carbocycles. The van der Waals surface area contributed by atoms with E-state index in [1.54, 1.807) is 18.2 Å². The first-order valence-corrected chi connectivity index (χ1v) is 3.68. The van der Waals surface area contributed by atoms with E-state index in [2.05, 4.69) is 0 Å². The Kier molecular flexibility index (Phi) is 3.65. The number of alkyl halides is 1. The molecular formula is C8H9ClN2. The van der Waals surface area contributed by atoms with Crippen LogP contribution in [0.3, 0.4) is 0 Å². The summed E-state index contributed by atoms with van der Waals surface area (Å²) in [5, 5.41) is 16.8. The summed E-state index contributed by atoms with van der Waals surface area (Å²) in [5.41, 5.74) is -0.154. The van der Waals surface area contributed by atoms with Crippen LogP contribution in [0.15, 0.2) is 11.6 Å². The van der Waals surface area contributed by atoms with E-state index >= 15 is 0 Å². The van der Waals surface area contributed by atoms with E-state index in [1.807, 2.05) is 13.8 Å². The van der Waals surface area contributed by atoms with Crippen molar-refractivity contribution in [1.82, 2.24) is 0 Å². The fraction of sp³-hybridized carbons (Fsp3) is 0.500. The summed E-state index contributed by atoms with van der Waals surface area (Å²) in [4.78, 5) is 0. The molecule has 0 aliphatic rings. The second kappa shape index (κ2) is 4.01. The molecule has 0 aromatic carbocycles. The molecular weight excluding hydrogens is 160 g/mol. The molecule has 0 radical (unpaired) electrons. The van der Waals surface area contributed by atoms with Crippen LogP contribution in [0.4, 0.5) is 0 Å². The first-order chi connectivity index (χ1) is 5.05. The predicted octanol–water partition coefficient (Wildman–Crippen LogP) is 2.22. The Morgan fingerprint density at radius 2 is 1.91 bits per heavy atom. The van der Waals surface area contributed by atoms with Gasteiger partial charge >= 0.3 is 0 Å². The first kappa shape index (κ1) is 10.0. The lowest BCUT2D eigenvalue weighted by Gasteiger charge is -2.14. The van der Waals surface area contributed by atoms with Crippen LogP contribution in [0, 0.1) is 28.1 Å². The molecule has 0 amide bonds. The summed E-state index contributed by atoms with van der Waals surface area (Å²) in [5.74, 6) is 0.403. The third-order valence-electron chi connectivity index (χ3n) is 1.12. The minimum atomic E-state index is -0.275. The Hall–Kier alpha value is -0.990. The first-order valence-electron chi connectivity index (χ1n) is 3.15. The summed E-state index contributed by atoms with van der Waals surface area (Å²) in [6.07, 6.45) is 1.58. The normalized spacial score (nSPS) is 9.55. The van der Waals surface area contributed by atoms with Crippen molar-refractivity contribution in [3.05, 3.63) is 11.6 Å². The number of rotatable bonds is 2. The van der Waals surface area contributed by atoms with Crippen molar-refractivity contribution in [2.45, 2.75) is 13.8 Å². The average molecular weight is 169 g/mol. The lowest BCUT2D eigenvalue weighted by atomic mass is 9.94. The second-order valence-electron chi connectivity index (χ2n) is 2.90. The van der Waals surface area contributed by atoms with Gasteiger partial charge in [-0.15, -0.1) is 11.6 Å². The number of hydrogen-bond acceptors (Lipinski definition) is 2. The van der Waals surface area contributed by atoms with Gasteiger partial charge in [-0.1, -0.05) is 13.8 Å². The molecule has 0 N–H and O–H groups in total. The molecule has 0 heterocycles. The highest BCUT2D eigenvalue weighted by molar-refractivity contribution is 6.18. The molecule has 0 rings (SSSR count). The van der Waals surface area contributed by atoms with Crippen LogP contribution in [0.5, 0.6) is 0 Å². The SMILES string of the molecule is CC(C)(C=C(C#N)C#N)CCl. The molecule has 0 aliphatic heterocycles. The van der Waals surface area contributed by atoms with Crippen LogP contribution in [0.25, 0.3) is 0 Å². The lowest BCUT2D eigenvalue weighted by Crippen LogP contribution is -2.09. The van der Waals surface area contributed by atoms with Crippen LogP contribution in [-0.2, 0) is 0 Å². The van der Waals surface area contributed by atoms with Gasteiger partial charge < -0.3 is 0 Å². The summed E-state index contributed by atoms with van der Waals surface area (Å²) < 4.78 is 0. The standard InChI is InChI=1S/C8H9ClN2/c1-8(2,6-9)3-7(4-10)5-11/h3H,6H2,1-2H3. The van der Waals surface area contributed by atoms with Gasteiger partial charge in [0.1, 0.15) is 17.7 Å². The maximum absolute atomic E-state index is 8.40. The number of nitrogens with zero attached hydrogens (tertiary/aromatic N) is 2. The molecule has 0 bridgehead atoms. The third-order valence-corrected chi connectivity index (χ3v) is 1.81. The van der Waals surface area contributed by atoms with E-state index in [4.69, 9.17) is 22.1 Å². The fourth-order valence-corrected chi connectivity index (χ4v) is 0.596. The van der Waals surface area contributed by atoms with E-state index in [1.165, 1.54) is 0 Å². The van der Waals surface area contributed by atoms with Crippen LogP contribution in [0.1, 0.15) is 13.8 Å². The van der Waals surface area contributed by atoms with E-state index in [0.29, 0.717) is 5.88 Å². The largest absolute Gasteiger partial charge is 0.192 e. The smallest absolute Gasteiger partial charge is 0.126 e. The Labute approximate surface area is 71.7 Å². The minimum absolute atomic E-state index is 0.121. The van der Waals surface area contributed by atoms with Crippen LogP contribution >= 0.6 is 11.6 Å². The zero-order valence-corrected chi connectivity index (χ0v) is 7.31. The summed E-state index contributed by atoms with van der Waals surface area (Å²) in [7, 11) is 0. The van der Waals surface area contributed by atoms with Crippen LogP contribution in [-0.4, -0.2) is 5.88 Å². The Balaban J connectivity index is 4.57. The van der Waals surface area contributed by atoms with E-state index in [-0.39, 0.29) is 11.0 Å². The van der Waals surface area contributed by atoms with Crippen molar-refractivity contribution in [3.8, 4) is 12.1 Å². The highest BCUT2D eigenvalue weighted by Crippen LogP contribution is 2.20. The Bertz CT molecular complexity index is 224. The summed E-state index contributed by atoms with van der Waals surface area (Å²) in [6.45, 7) is 3.74. The average Bonchev–Trinajstić information content (AvgIpc) is 2.00. The molecule has 0 saturated heterocycles. The van der Waals surface area contributed by atoms with Gasteiger partial charge in [-0.05, 0) is 11.5 Å². The van der Waals surface area contributed by atoms with Crippen LogP contribution < -0.4 is 0 Å². The molecule has 11 heavy (non-hydrogen) atoms. The van der Waals surface area contributed by atoms with Gasteiger partial charge in [0.25, 0.3) is 0 Å². The van der Waals surface area contributed by atoms with Gasteiger partial charge in [0, 0.05) is 5.88 Å². The highest BCUT2D eigenvalue weighted by atomic mass is 35.5. The van der Waals surface area contributed by atoms with Gasteiger partial charge in [-0.3, -0.25) is 0 Å². The molecule has 3 heteroatoms. The topological polar surface area (TPSA) is 47.6 Å². The van der Waals surface area contributed by atoms with Gasteiger partial charge in [0.05, 0.1) is 0 Å². The fourth-order valence-electron chi connectivity index (χ4n) is 0.519. The van der Waals surface area contributed by atoms with E-state index in [9.17, 15) is 0 Å². The number of halogens is 1. The zero-order valence-electron chi connectivity index (χ0n) is 6.56. The molecule has 58 valence electrons. The molecule has 0 atom stereocenters. The van der Waals surface area contributed by atoms with Crippen molar-refractivity contribution in [2.24, 2.45) is 5.41 Å². The molecule has 0 aromatic rings. The second-order valence-corrected chi connectivity index (χ2v) is 3.17. The lowest BCUT2D eigenvalue weighted by molar-refractivity contribution is 0.550. The number of hydrogen-bond donors (Lipinski definition) is 0. The van der Waals surface area contributed by atoms with Crippen molar-refractivity contribution < 1.29 is 0 Å². The summed E-state index contributed by atoms with van der Waals surface area (Å²) in [6, 6.07) is 3.57. The van der Waals surface area contributed by atoms with Gasteiger partial charge in [-0.25, -0.2) is 0 Å². The molecule has 0 fully saturated rings. The van der Waals surface area contributed by atoms with Crippen molar-refractivity contribution in [3.63, 3.8) is 0 Å². The molecule has 0 spiro atoms. The van der Waals surface area contributed by atoms with Gasteiger partial charge in [0.15, 0.2) is 0 Å². The summed E-state index contributed by atoms with van der Waals surface area (Å²) >= 11 is 5.59. The van der Waals surface area contributed by atoms with E-state index in [0.717, 1.165) is 0 Å². The maximum Gasteiger partial charge on any atom is 0.126 e. The third kappa shape index (κ3) is 3.65. The Morgan fingerprint density at radius 3 is 2.18 bits per heavy atom. The van der Waals surface area contributed by atoms with Crippen LogP contribution in [0.2, 0.25) is 0 Å². The number of nitriles is 2. The van der Waals surface area contributed by atoms with Gasteiger partial charge in [0.2, 0.25) is 0 Å². The van der Waals surface area contributed by atoms with Crippen molar-refractivity contribution >= 4 is 11.6 Å². The minimum Gasteiger partial charge on any atom is -0.192 e. The number of allylic oxidation sites excluding steroid dienone is 2. The molecule has 2 nitrogen and oxygen atoms in total. The molecule has 0 aromatic heterocycles. The Morgan fingerprint density at radius 1 is 1.45 bits per heavy atom. The maximum atomic E-state index is 8.40. The van der Waals surface area contributed by atoms with Crippen molar-refractivity contribution in [1.29, 1.82) is 10.5 Å². The van der Waals surface area contributed by atoms with E-state index < -0.39 is 0 Å². The predicted molar refractivity (Wildman–Crippen MR) is 43.8 cm³/mol. The molecule has 0 unspecified atom stereocenters.